The molecule has 0 saturated carbocycles. The Hall–Kier alpha value is -1.53. The van der Waals surface area contributed by atoms with Crippen LogP contribution in [0.15, 0.2) is 16.5 Å². The van der Waals surface area contributed by atoms with Gasteiger partial charge in [-0.05, 0) is 25.0 Å². The van der Waals surface area contributed by atoms with E-state index >= 15 is 0 Å². The molecule has 6 nitrogen and oxygen atoms in total. The van der Waals surface area contributed by atoms with E-state index in [1.54, 1.807) is 19.0 Å². The van der Waals surface area contributed by atoms with E-state index in [1.165, 1.54) is 0 Å². The van der Waals surface area contributed by atoms with Crippen LogP contribution >= 0.6 is 0 Å². The molecule has 1 aromatic heterocycles. The van der Waals surface area contributed by atoms with Crippen LogP contribution in [0.2, 0.25) is 0 Å². The molecule has 128 valence electrons. The average Bonchev–Trinajstić information content (AvgIpc) is 3.13. The maximum absolute atomic E-state index is 12.0. The largest absolute Gasteiger partial charge is 0.465 e. The summed E-state index contributed by atoms with van der Waals surface area (Å²) in [6, 6.07) is 4.44. The maximum Gasteiger partial charge on any atom is 0.317 e. The molecule has 3 atom stereocenters. The molecule has 2 amide bonds. The zero-order chi connectivity index (χ0) is 16.4. The molecule has 2 fully saturated rings. The average molecular weight is 321 g/mol. The summed E-state index contributed by atoms with van der Waals surface area (Å²) in [6.45, 7) is 4.45. The smallest absolute Gasteiger partial charge is 0.317 e. The van der Waals surface area contributed by atoms with Crippen molar-refractivity contribution in [3.8, 4) is 0 Å². The van der Waals surface area contributed by atoms with Gasteiger partial charge in [-0.15, -0.1) is 0 Å². The number of likely N-dealkylation sites (tertiary alicyclic amines) is 1. The van der Waals surface area contributed by atoms with Crippen molar-refractivity contribution in [3.63, 3.8) is 0 Å². The van der Waals surface area contributed by atoms with Crippen molar-refractivity contribution in [3.05, 3.63) is 23.7 Å². The summed E-state index contributed by atoms with van der Waals surface area (Å²) in [6.07, 6.45) is 3.18. The quantitative estimate of drug-likeness (QED) is 0.919. The number of carbonyl (C=O) groups excluding carboxylic acids is 1. The minimum absolute atomic E-state index is 0.0378. The Labute approximate surface area is 137 Å². The van der Waals surface area contributed by atoms with Gasteiger partial charge in [0, 0.05) is 39.7 Å². The van der Waals surface area contributed by atoms with Crippen LogP contribution in [0.3, 0.4) is 0 Å². The first kappa shape index (κ1) is 16.3. The van der Waals surface area contributed by atoms with Gasteiger partial charge in [-0.3, -0.25) is 4.90 Å². The van der Waals surface area contributed by atoms with E-state index < -0.39 is 0 Å². The number of urea groups is 1. The molecular formula is C17H27N3O3. The second-order valence-corrected chi connectivity index (χ2v) is 6.65. The number of fused-ring (bicyclic) bond motifs is 1. The third kappa shape index (κ3) is 3.53. The van der Waals surface area contributed by atoms with E-state index in [1.807, 2.05) is 6.07 Å². The maximum atomic E-state index is 12.0. The van der Waals surface area contributed by atoms with Crippen molar-refractivity contribution >= 4 is 6.03 Å². The lowest BCUT2D eigenvalue weighted by Gasteiger charge is -2.32. The summed E-state index contributed by atoms with van der Waals surface area (Å²) in [5.41, 5.74) is 0. The molecule has 0 radical (unpaired) electrons. The fourth-order valence-corrected chi connectivity index (χ4v) is 3.55. The second-order valence-electron chi connectivity index (χ2n) is 6.65. The Bertz CT molecular complexity index is 543. The topological polar surface area (TPSA) is 58.0 Å². The molecule has 0 spiro atoms. The zero-order valence-corrected chi connectivity index (χ0v) is 14.2. The molecule has 1 N–H and O–H groups in total. The summed E-state index contributed by atoms with van der Waals surface area (Å²) in [5.74, 6) is 2.01. The highest BCUT2D eigenvalue weighted by atomic mass is 16.5. The fraction of sp³-hybridized carbons (Fsp3) is 0.706. The Morgan fingerprint density at radius 1 is 1.39 bits per heavy atom. The molecule has 0 aliphatic carbocycles. The molecule has 3 heterocycles. The van der Waals surface area contributed by atoms with Crippen LogP contribution in [0, 0.1) is 0 Å². The van der Waals surface area contributed by atoms with Crippen molar-refractivity contribution in [2.45, 2.75) is 50.9 Å². The second kappa shape index (κ2) is 6.93. The van der Waals surface area contributed by atoms with Crippen LogP contribution in [0.1, 0.15) is 31.3 Å². The molecule has 0 unspecified atom stereocenters. The zero-order valence-electron chi connectivity index (χ0n) is 14.2. The predicted octanol–water partition coefficient (Wildman–Crippen LogP) is 1.84. The van der Waals surface area contributed by atoms with Gasteiger partial charge in [0.05, 0.1) is 18.7 Å². The van der Waals surface area contributed by atoms with E-state index in [-0.39, 0.29) is 18.2 Å². The monoisotopic (exact) mass is 321 g/mol. The highest BCUT2D eigenvalue weighted by molar-refractivity contribution is 5.74. The lowest BCUT2D eigenvalue weighted by molar-refractivity contribution is -0.0215. The molecule has 6 heteroatoms. The third-order valence-electron chi connectivity index (χ3n) is 4.77. The number of hydrogen-bond donors (Lipinski definition) is 1. The molecule has 2 saturated heterocycles. The lowest BCUT2D eigenvalue weighted by atomic mass is 10.0. The number of rotatable bonds is 4. The number of carbonyl (C=O) groups is 1. The van der Waals surface area contributed by atoms with Crippen LogP contribution in [0.25, 0.3) is 0 Å². The van der Waals surface area contributed by atoms with Crippen molar-refractivity contribution < 1.29 is 13.9 Å². The van der Waals surface area contributed by atoms with Gasteiger partial charge in [-0.2, -0.15) is 0 Å². The van der Waals surface area contributed by atoms with E-state index in [0.717, 1.165) is 50.5 Å². The lowest BCUT2D eigenvalue weighted by Crippen LogP contribution is -2.50. The van der Waals surface area contributed by atoms with Crippen molar-refractivity contribution in [1.82, 2.24) is 15.1 Å². The highest BCUT2D eigenvalue weighted by Gasteiger charge is 2.44. The Morgan fingerprint density at radius 3 is 2.87 bits per heavy atom. The summed E-state index contributed by atoms with van der Waals surface area (Å²) in [5, 5.41) is 3.10. The van der Waals surface area contributed by atoms with Gasteiger partial charge < -0.3 is 19.4 Å². The summed E-state index contributed by atoms with van der Waals surface area (Å²) < 4.78 is 11.8. The minimum atomic E-state index is -0.0592. The molecule has 0 aromatic carbocycles. The van der Waals surface area contributed by atoms with Gasteiger partial charge >= 0.3 is 6.03 Å². The standard InChI is InChI=1S/C17H27N3O3/c1-4-12-7-8-13(23-12)10-20-11-14(18-17(21)19(2)3)16-15(20)6-5-9-22-16/h7-8,14-16H,4-6,9-11H2,1-3H3,(H,18,21)/t14-,15-,16-/m0/s1. The normalized spacial score (nSPS) is 27.7. The molecule has 0 bridgehead atoms. The van der Waals surface area contributed by atoms with Crippen LogP contribution < -0.4 is 5.32 Å². The summed E-state index contributed by atoms with van der Waals surface area (Å²) in [7, 11) is 3.52. The Morgan fingerprint density at radius 2 is 2.17 bits per heavy atom. The van der Waals surface area contributed by atoms with Gasteiger partial charge in [0.25, 0.3) is 0 Å². The number of hydrogen-bond acceptors (Lipinski definition) is 4. The van der Waals surface area contributed by atoms with Crippen molar-refractivity contribution in [2.75, 3.05) is 27.2 Å². The van der Waals surface area contributed by atoms with Crippen LogP contribution in [-0.2, 0) is 17.7 Å². The number of furan rings is 1. The Kier molecular flexibility index (Phi) is 4.92. The van der Waals surface area contributed by atoms with Gasteiger partial charge in [0.2, 0.25) is 0 Å². The highest BCUT2D eigenvalue weighted by Crippen LogP contribution is 2.30. The van der Waals surface area contributed by atoms with Crippen LogP contribution in [0.4, 0.5) is 4.79 Å². The summed E-state index contributed by atoms with van der Waals surface area (Å²) >= 11 is 0. The molecule has 2 aliphatic rings. The molecule has 23 heavy (non-hydrogen) atoms. The number of aryl methyl sites for hydroxylation is 1. The van der Waals surface area contributed by atoms with Gasteiger partial charge in [-0.25, -0.2) is 4.79 Å². The van der Waals surface area contributed by atoms with E-state index in [2.05, 4.69) is 23.2 Å². The van der Waals surface area contributed by atoms with Crippen LogP contribution in [-0.4, -0.2) is 61.3 Å². The van der Waals surface area contributed by atoms with Crippen molar-refractivity contribution in [1.29, 1.82) is 0 Å². The van der Waals surface area contributed by atoms with Crippen molar-refractivity contribution in [2.24, 2.45) is 0 Å². The van der Waals surface area contributed by atoms with E-state index in [4.69, 9.17) is 9.15 Å². The van der Waals surface area contributed by atoms with Gasteiger partial charge in [-0.1, -0.05) is 6.92 Å². The van der Waals surface area contributed by atoms with Gasteiger partial charge in [0.1, 0.15) is 11.5 Å². The third-order valence-corrected chi connectivity index (χ3v) is 4.77. The molecule has 3 rings (SSSR count). The minimum Gasteiger partial charge on any atom is -0.465 e. The summed E-state index contributed by atoms with van der Waals surface area (Å²) in [4.78, 5) is 16.0. The Balaban J connectivity index is 1.69. The molecule has 1 aromatic rings. The van der Waals surface area contributed by atoms with Gasteiger partial charge in [0.15, 0.2) is 0 Å². The van der Waals surface area contributed by atoms with Crippen LogP contribution in [0.5, 0.6) is 0 Å². The first-order valence-corrected chi connectivity index (χ1v) is 8.49. The molecular weight excluding hydrogens is 294 g/mol. The fourth-order valence-electron chi connectivity index (χ4n) is 3.55. The van der Waals surface area contributed by atoms with E-state index in [9.17, 15) is 4.79 Å². The number of nitrogens with one attached hydrogen (secondary N) is 1. The number of amides is 2. The number of nitrogens with zero attached hydrogens (tertiary/aromatic N) is 2. The van der Waals surface area contributed by atoms with E-state index in [0.29, 0.717) is 6.04 Å². The molecule has 2 aliphatic heterocycles. The SMILES string of the molecule is CCc1ccc(CN2C[C@H](NC(=O)N(C)C)[C@@H]3OCCC[C@@H]32)o1. The number of ether oxygens (including phenoxy) is 1. The first-order valence-electron chi connectivity index (χ1n) is 8.49. The first-order chi connectivity index (χ1) is 11.1. The predicted molar refractivity (Wildman–Crippen MR) is 87.3 cm³/mol.